The molecule has 0 aromatic rings. The molecule has 1 N–H and O–H groups in total. The van der Waals surface area contributed by atoms with Crippen molar-refractivity contribution in [2.75, 3.05) is 20.2 Å². The van der Waals surface area contributed by atoms with Gasteiger partial charge in [-0.2, -0.15) is 0 Å². The summed E-state index contributed by atoms with van der Waals surface area (Å²) in [6.07, 6.45) is 0.0735. The molecule has 14 heavy (non-hydrogen) atoms. The molecule has 0 saturated carbocycles. The third kappa shape index (κ3) is 7.54. The van der Waals surface area contributed by atoms with E-state index in [4.69, 9.17) is 4.74 Å². The Labute approximate surface area is 83.8 Å². The lowest BCUT2D eigenvalue weighted by Gasteiger charge is -2.08. The highest BCUT2D eigenvalue weighted by molar-refractivity contribution is 5.76. The Balaban J connectivity index is 3.51. The van der Waals surface area contributed by atoms with Gasteiger partial charge in [-0.05, 0) is 20.9 Å². The third-order valence-corrected chi connectivity index (χ3v) is 1.30. The van der Waals surface area contributed by atoms with E-state index in [-0.39, 0.29) is 19.1 Å². The molecule has 0 aromatic heterocycles. The zero-order valence-corrected chi connectivity index (χ0v) is 8.83. The molecule has 5 heteroatoms. The average Bonchev–Trinajstić information content (AvgIpc) is 2.10. The molecule has 0 bridgehead atoms. The first-order valence-electron chi connectivity index (χ1n) is 4.56. The fraction of sp³-hybridized carbons (Fsp3) is 0.778. The van der Waals surface area contributed by atoms with E-state index < -0.39 is 11.9 Å². The van der Waals surface area contributed by atoms with Gasteiger partial charge in [0.1, 0.15) is 0 Å². The van der Waals surface area contributed by atoms with Crippen LogP contribution in [0.2, 0.25) is 0 Å². The molecular weight excluding hydrogens is 186 g/mol. The second-order valence-corrected chi connectivity index (χ2v) is 3.05. The predicted molar refractivity (Wildman–Crippen MR) is 50.7 cm³/mol. The normalized spacial score (nSPS) is 10.0. The first-order chi connectivity index (χ1) is 6.56. The number of ether oxygens (including phenoxy) is 2. The molecule has 0 saturated heterocycles. The number of rotatable bonds is 6. The number of nitrogens with one attached hydrogen (secondary N) is 1. The topological polar surface area (TPSA) is 64.6 Å². The minimum absolute atomic E-state index is 0.182. The van der Waals surface area contributed by atoms with Crippen molar-refractivity contribution >= 4 is 11.9 Å². The van der Waals surface area contributed by atoms with E-state index in [2.05, 4.69) is 10.1 Å². The van der Waals surface area contributed by atoms with Gasteiger partial charge in [0.2, 0.25) is 0 Å². The van der Waals surface area contributed by atoms with Crippen LogP contribution in [-0.2, 0) is 19.1 Å². The monoisotopic (exact) mass is 203 g/mol. The highest BCUT2D eigenvalue weighted by Gasteiger charge is 2.09. The molecule has 0 aliphatic carbocycles. The molecule has 0 fully saturated rings. The van der Waals surface area contributed by atoms with Gasteiger partial charge in [-0.25, -0.2) is 4.79 Å². The lowest BCUT2D eigenvalue weighted by molar-refractivity contribution is -0.161. The minimum Gasteiger partial charge on any atom is -0.460 e. The van der Waals surface area contributed by atoms with Crippen molar-refractivity contribution in [3.8, 4) is 0 Å². The predicted octanol–water partition coefficient (Wildman–Crippen LogP) is 0.0907. The van der Waals surface area contributed by atoms with Crippen LogP contribution in [0.4, 0.5) is 0 Å². The summed E-state index contributed by atoms with van der Waals surface area (Å²) in [6.45, 7) is 3.71. The Morgan fingerprint density at radius 1 is 1.29 bits per heavy atom. The van der Waals surface area contributed by atoms with E-state index in [1.54, 1.807) is 20.9 Å². The molecule has 0 amide bonds. The highest BCUT2D eigenvalue weighted by Crippen LogP contribution is 1.91. The van der Waals surface area contributed by atoms with Gasteiger partial charge in [0.05, 0.1) is 12.5 Å². The number of esters is 2. The smallest absolute Gasteiger partial charge is 0.344 e. The lowest BCUT2D eigenvalue weighted by Crippen LogP contribution is -2.21. The summed E-state index contributed by atoms with van der Waals surface area (Å²) >= 11 is 0. The minimum atomic E-state index is -0.516. The summed E-state index contributed by atoms with van der Waals surface area (Å²) in [6, 6.07) is 0. The second kappa shape index (κ2) is 7.32. The van der Waals surface area contributed by atoms with Crippen molar-refractivity contribution in [2.24, 2.45) is 0 Å². The maximum atomic E-state index is 10.9. The fourth-order valence-corrected chi connectivity index (χ4v) is 0.736. The number of hydrogen-bond donors (Lipinski definition) is 1. The van der Waals surface area contributed by atoms with E-state index in [0.717, 1.165) is 0 Å². The van der Waals surface area contributed by atoms with Crippen molar-refractivity contribution in [1.82, 2.24) is 5.32 Å². The Morgan fingerprint density at radius 2 is 1.93 bits per heavy atom. The van der Waals surface area contributed by atoms with E-state index in [1.807, 2.05) is 0 Å². The first kappa shape index (κ1) is 12.9. The molecule has 0 atom stereocenters. The Hall–Kier alpha value is -1.10. The van der Waals surface area contributed by atoms with Gasteiger partial charge >= 0.3 is 11.9 Å². The molecule has 0 aliphatic heterocycles. The zero-order chi connectivity index (χ0) is 11.0. The highest BCUT2D eigenvalue weighted by atomic mass is 16.6. The summed E-state index contributed by atoms with van der Waals surface area (Å²) in [5.74, 6) is -0.919. The third-order valence-electron chi connectivity index (χ3n) is 1.30. The molecule has 0 unspecified atom stereocenters. The van der Waals surface area contributed by atoms with Crippen LogP contribution in [0.15, 0.2) is 0 Å². The van der Waals surface area contributed by atoms with E-state index in [9.17, 15) is 9.59 Å². The summed E-state index contributed by atoms with van der Waals surface area (Å²) in [5.41, 5.74) is 0. The van der Waals surface area contributed by atoms with Gasteiger partial charge in [-0.1, -0.05) is 0 Å². The standard InChI is InChI=1S/C9H17NO4/c1-7(2)14-9(12)6-13-8(11)4-5-10-3/h7,10H,4-6H2,1-3H3. The number of carbonyl (C=O) groups is 2. The van der Waals surface area contributed by atoms with Crippen LogP contribution in [0.1, 0.15) is 20.3 Å². The molecular formula is C9H17NO4. The molecule has 5 nitrogen and oxygen atoms in total. The Bertz CT molecular complexity index is 191. The van der Waals surface area contributed by atoms with E-state index >= 15 is 0 Å². The van der Waals surface area contributed by atoms with Crippen LogP contribution in [-0.4, -0.2) is 38.2 Å². The fourth-order valence-electron chi connectivity index (χ4n) is 0.736. The molecule has 0 spiro atoms. The SMILES string of the molecule is CNCCC(=O)OCC(=O)OC(C)C. The van der Waals surface area contributed by atoms with Crippen molar-refractivity contribution in [1.29, 1.82) is 0 Å². The molecule has 0 heterocycles. The Kier molecular flexibility index (Phi) is 6.74. The van der Waals surface area contributed by atoms with Crippen LogP contribution in [0.5, 0.6) is 0 Å². The largest absolute Gasteiger partial charge is 0.460 e. The van der Waals surface area contributed by atoms with Crippen molar-refractivity contribution in [3.05, 3.63) is 0 Å². The average molecular weight is 203 g/mol. The summed E-state index contributed by atoms with van der Waals surface area (Å²) < 4.78 is 9.43. The Morgan fingerprint density at radius 3 is 2.43 bits per heavy atom. The number of carbonyl (C=O) groups excluding carboxylic acids is 2. The van der Waals surface area contributed by atoms with Gasteiger partial charge in [-0.15, -0.1) is 0 Å². The van der Waals surface area contributed by atoms with Crippen LogP contribution in [0.25, 0.3) is 0 Å². The molecule has 0 radical (unpaired) electrons. The van der Waals surface area contributed by atoms with Gasteiger partial charge in [0, 0.05) is 6.54 Å². The lowest BCUT2D eigenvalue weighted by atomic mass is 10.4. The van der Waals surface area contributed by atoms with Crippen LogP contribution in [0.3, 0.4) is 0 Å². The quantitative estimate of drug-likeness (QED) is 0.620. The maximum Gasteiger partial charge on any atom is 0.344 e. The van der Waals surface area contributed by atoms with Crippen molar-refractivity contribution < 1.29 is 19.1 Å². The first-order valence-corrected chi connectivity index (χ1v) is 4.56. The molecule has 0 aromatic carbocycles. The summed E-state index contributed by atoms with van der Waals surface area (Å²) in [7, 11) is 1.74. The maximum absolute atomic E-state index is 10.9. The van der Waals surface area contributed by atoms with E-state index in [0.29, 0.717) is 6.54 Å². The summed E-state index contributed by atoms with van der Waals surface area (Å²) in [4.78, 5) is 21.8. The van der Waals surface area contributed by atoms with Crippen molar-refractivity contribution in [2.45, 2.75) is 26.4 Å². The summed E-state index contributed by atoms with van der Waals surface area (Å²) in [5, 5.41) is 2.80. The second-order valence-electron chi connectivity index (χ2n) is 3.05. The van der Waals surface area contributed by atoms with Gasteiger partial charge < -0.3 is 14.8 Å². The number of hydrogen-bond acceptors (Lipinski definition) is 5. The van der Waals surface area contributed by atoms with Crippen LogP contribution in [0, 0.1) is 0 Å². The van der Waals surface area contributed by atoms with Gasteiger partial charge in [-0.3, -0.25) is 4.79 Å². The molecule has 82 valence electrons. The van der Waals surface area contributed by atoms with Gasteiger partial charge in [0.25, 0.3) is 0 Å². The van der Waals surface area contributed by atoms with Gasteiger partial charge in [0.15, 0.2) is 6.61 Å². The van der Waals surface area contributed by atoms with Crippen molar-refractivity contribution in [3.63, 3.8) is 0 Å². The van der Waals surface area contributed by atoms with E-state index in [1.165, 1.54) is 0 Å². The zero-order valence-electron chi connectivity index (χ0n) is 8.83. The molecule has 0 aliphatic rings. The molecule has 0 rings (SSSR count). The van der Waals surface area contributed by atoms with Crippen LogP contribution < -0.4 is 5.32 Å². The van der Waals surface area contributed by atoms with Crippen LogP contribution >= 0.6 is 0 Å².